The fourth-order valence-electron chi connectivity index (χ4n) is 1.35. The molecule has 0 unspecified atom stereocenters. The van der Waals surface area contributed by atoms with E-state index < -0.39 is 5.91 Å². The number of hydrogen-bond donors (Lipinski definition) is 1. The van der Waals surface area contributed by atoms with Crippen molar-refractivity contribution in [2.24, 2.45) is 0 Å². The monoisotopic (exact) mass is 221 g/mol. The number of carbonyl (C=O) groups excluding carboxylic acids is 1. The number of nitrogens with zero attached hydrogens (tertiary/aromatic N) is 1. The van der Waals surface area contributed by atoms with Crippen molar-refractivity contribution >= 4 is 12.0 Å². The van der Waals surface area contributed by atoms with Gasteiger partial charge in [0.25, 0.3) is 5.91 Å². The van der Waals surface area contributed by atoms with Crippen LogP contribution in [-0.4, -0.2) is 30.3 Å². The van der Waals surface area contributed by atoms with Gasteiger partial charge < -0.3 is 4.74 Å². The summed E-state index contributed by atoms with van der Waals surface area (Å²) in [6.07, 6.45) is 3.77. The fourth-order valence-corrected chi connectivity index (χ4v) is 1.35. The minimum Gasteiger partial charge on any atom is -0.496 e. The summed E-state index contributed by atoms with van der Waals surface area (Å²) in [5, 5.41) is 9.59. The Morgan fingerprint density at radius 1 is 1.50 bits per heavy atom. The largest absolute Gasteiger partial charge is 0.496 e. The number of benzene rings is 1. The first-order valence-corrected chi connectivity index (χ1v) is 4.87. The minimum atomic E-state index is -0.467. The molecule has 4 nitrogen and oxygen atoms in total. The molecule has 0 aromatic heterocycles. The molecule has 4 heteroatoms. The van der Waals surface area contributed by atoms with Gasteiger partial charge in [0.2, 0.25) is 0 Å². The third-order valence-corrected chi connectivity index (χ3v) is 2.12. The molecule has 0 spiro atoms. The molecular formula is C12H15NO3. The van der Waals surface area contributed by atoms with Crippen molar-refractivity contribution in [3.63, 3.8) is 0 Å². The predicted molar refractivity (Wildman–Crippen MR) is 61.6 cm³/mol. The molecular weight excluding hydrogens is 206 g/mol. The molecule has 0 aliphatic rings. The lowest BCUT2D eigenvalue weighted by Crippen LogP contribution is -2.22. The number of hydrogen-bond acceptors (Lipinski definition) is 3. The molecule has 0 saturated carbocycles. The number of methoxy groups -OCH3 is 1. The van der Waals surface area contributed by atoms with Crippen LogP contribution in [0, 0.1) is 0 Å². The number of hydroxylamine groups is 2. The quantitative estimate of drug-likeness (QED) is 0.628. The molecule has 0 heterocycles. The zero-order valence-corrected chi connectivity index (χ0v) is 9.60. The molecule has 1 aromatic carbocycles. The Morgan fingerprint density at radius 3 is 2.69 bits per heavy atom. The van der Waals surface area contributed by atoms with E-state index in [0.717, 1.165) is 5.56 Å². The maximum absolute atomic E-state index is 11.5. The smallest absolute Gasteiger partial charge is 0.277 e. The van der Waals surface area contributed by atoms with Gasteiger partial charge in [0.1, 0.15) is 5.75 Å². The molecule has 0 aliphatic heterocycles. The molecule has 0 radical (unpaired) electrons. The van der Waals surface area contributed by atoms with Crippen molar-refractivity contribution in [1.82, 2.24) is 5.06 Å². The van der Waals surface area contributed by atoms with Crippen molar-refractivity contribution in [3.05, 3.63) is 35.4 Å². The van der Waals surface area contributed by atoms with Crippen LogP contribution in [0.4, 0.5) is 0 Å². The normalized spacial score (nSPS) is 10.5. The molecule has 0 aliphatic carbocycles. The Kier molecular flexibility index (Phi) is 4.08. The first-order chi connectivity index (χ1) is 7.60. The van der Waals surface area contributed by atoms with E-state index in [1.807, 2.05) is 19.1 Å². The average molecular weight is 221 g/mol. The van der Waals surface area contributed by atoms with E-state index in [1.54, 1.807) is 25.3 Å². The first kappa shape index (κ1) is 12.3. The zero-order chi connectivity index (χ0) is 12.1. The van der Waals surface area contributed by atoms with Crippen molar-refractivity contribution < 1.29 is 14.7 Å². The van der Waals surface area contributed by atoms with E-state index in [-0.39, 0.29) is 0 Å². The van der Waals surface area contributed by atoms with Crippen molar-refractivity contribution in [3.8, 4) is 5.75 Å². The Balaban J connectivity index is 3.13. The highest BCUT2D eigenvalue weighted by molar-refractivity contribution is 5.94. The lowest BCUT2D eigenvalue weighted by Gasteiger charge is -2.10. The van der Waals surface area contributed by atoms with E-state index in [9.17, 15) is 4.79 Å². The zero-order valence-electron chi connectivity index (χ0n) is 9.60. The molecule has 1 N–H and O–H groups in total. The number of allylic oxidation sites excluding steroid dienone is 1. The first-order valence-electron chi connectivity index (χ1n) is 4.87. The van der Waals surface area contributed by atoms with Gasteiger partial charge in [0, 0.05) is 18.2 Å². The molecule has 86 valence electrons. The number of carbonyl (C=O) groups is 1. The van der Waals surface area contributed by atoms with Crippen LogP contribution >= 0.6 is 0 Å². The van der Waals surface area contributed by atoms with E-state index >= 15 is 0 Å². The van der Waals surface area contributed by atoms with Crippen LogP contribution in [0.2, 0.25) is 0 Å². The van der Waals surface area contributed by atoms with Crippen LogP contribution in [0.3, 0.4) is 0 Å². The second kappa shape index (κ2) is 5.32. The lowest BCUT2D eigenvalue weighted by atomic mass is 10.1. The molecule has 0 saturated heterocycles. The molecule has 0 fully saturated rings. The maximum Gasteiger partial charge on any atom is 0.277 e. The third-order valence-electron chi connectivity index (χ3n) is 2.12. The molecule has 1 rings (SSSR count). The van der Waals surface area contributed by atoms with E-state index in [4.69, 9.17) is 9.94 Å². The summed E-state index contributed by atoms with van der Waals surface area (Å²) in [6.45, 7) is 1.90. The Labute approximate surface area is 94.7 Å². The molecule has 1 aromatic rings. The van der Waals surface area contributed by atoms with Gasteiger partial charge in [0.15, 0.2) is 0 Å². The van der Waals surface area contributed by atoms with Crippen molar-refractivity contribution in [2.45, 2.75) is 6.92 Å². The standard InChI is InChI=1S/C12H15NO3/c1-4-5-9-6-7-10(8-11(9)16-3)12(14)13(2)15/h4-8,15H,1-3H3. The summed E-state index contributed by atoms with van der Waals surface area (Å²) in [5.41, 5.74) is 1.28. The van der Waals surface area contributed by atoms with Crippen LogP contribution in [0.25, 0.3) is 6.08 Å². The van der Waals surface area contributed by atoms with Gasteiger partial charge in [-0.1, -0.05) is 18.2 Å². The summed E-state index contributed by atoms with van der Waals surface area (Å²) in [7, 11) is 2.83. The highest BCUT2D eigenvalue weighted by Crippen LogP contribution is 2.22. The molecule has 16 heavy (non-hydrogen) atoms. The molecule has 0 atom stereocenters. The van der Waals surface area contributed by atoms with E-state index in [1.165, 1.54) is 7.05 Å². The van der Waals surface area contributed by atoms with Crippen molar-refractivity contribution in [2.75, 3.05) is 14.2 Å². The van der Waals surface area contributed by atoms with Gasteiger partial charge in [0.05, 0.1) is 7.11 Å². The van der Waals surface area contributed by atoms with Gasteiger partial charge in [-0.2, -0.15) is 0 Å². The lowest BCUT2D eigenvalue weighted by molar-refractivity contribution is -0.0375. The van der Waals surface area contributed by atoms with Crippen LogP contribution in [0.1, 0.15) is 22.8 Å². The topological polar surface area (TPSA) is 49.8 Å². The van der Waals surface area contributed by atoms with Crippen LogP contribution in [0.5, 0.6) is 5.75 Å². The number of amides is 1. The van der Waals surface area contributed by atoms with Gasteiger partial charge >= 0.3 is 0 Å². The Bertz CT molecular complexity index is 411. The highest BCUT2D eigenvalue weighted by Gasteiger charge is 2.11. The van der Waals surface area contributed by atoms with Crippen LogP contribution in [0.15, 0.2) is 24.3 Å². The third kappa shape index (κ3) is 2.61. The number of rotatable bonds is 3. The van der Waals surface area contributed by atoms with Gasteiger partial charge in [-0.15, -0.1) is 0 Å². The second-order valence-corrected chi connectivity index (χ2v) is 3.29. The van der Waals surface area contributed by atoms with Gasteiger partial charge in [-0.25, -0.2) is 5.06 Å². The molecule has 0 bridgehead atoms. The minimum absolute atomic E-state index is 0.384. The maximum atomic E-state index is 11.5. The van der Waals surface area contributed by atoms with E-state index in [0.29, 0.717) is 16.4 Å². The van der Waals surface area contributed by atoms with Crippen molar-refractivity contribution in [1.29, 1.82) is 0 Å². The van der Waals surface area contributed by atoms with Gasteiger partial charge in [-0.3, -0.25) is 10.0 Å². The molecule has 1 amide bonds. The summed E-state index contributed by atoms with van der Waals surface area (Å²) in [5.74, 6) is 0.135. The summed E-state index contributed by atoms with van der Waals surface area (Å²) in [4.78, 5) is 11.5. The average Bonchev–Trinajstić information content (AvgIpc) is 2.29. The fraction of sp³-hybridized carbons (Fsp3) is 0.250. The second-order valence-electron chi connectivity index (χ2n) is 3.29. The SMILES string of the molecule is CC=Cc1ccc(C(=O)N(C)O)cc1OC. The van der Waals surface area contributed by atoms with E-state index in [2.05, 4.69) is 0 Å². The van der Waals surface area contributed by atoms with Gasteiger partial charge in [-0.05, 0) is 19.1 Å². The predicted octanol–water partition coefficient (Wildman–Crippen LogP) is 2.19. The summed E-state index contributed by atoms with van der Waals surface area (Å²) in [6, 6.07) is 5.02. The summed E-state index contributed by atoms with van der Waals surface area (Å²) >= 11 is 0. The van der Waals surface area contributed by atoms with Crippen LogP contribution in [-0.2, 0) is 0 Å². The Hall–Kier alpha value is -1.81. The summed E-state index contributed by atoms with van der Waals surface area (Å²) < 4.78 is 5.16. The Morgan fingerprint density at radius 2 is 2.19 bits per heavy atom. The number of ether oxygens (including phenoxy) is 1. The highest BCUT2D eigenvalue weighted by atomic mass is 16.5. The van der Waals surface area contributed by atoms with Crippen LogP contribution < -0.4 is 4.74 Å².